The van der Waals surface area contributed by atoms with E-state index in [1.165, 1.54) is 17.7 Å². The highest BCUT2D eigenvalue weighted by atomic mass is 19.1. The van der Waals surface area contributed by atoms with Gasteiger partial charge in [-0.1, -0.05) is 90.5 Å². The molecule has 0 aliphatic heterocycles. The Morgan fingerprint density at radius 2 is 1.31 bits per heavy atom. The maximum Gasteiger partial charge on any atom is 0.256 e. The number of halogens is 1. The Kier molecular flexibility index (Phi) is 7.60. The molecule has 39 heavy (non-hydrogen) atoms. The van der Waals surface area contributed by atoms with E-state index in [1.54, 1.807) is 48.5 Å². The molecule has 0 spiro atoms. The Balaban J connectivity index is 1.23. The van der Waals surface area contributed by atoms with Gasteiger partial charge in [-0.05, 0) is 71.1 Å². The van der Waals surface area contributed by atoms with Gasteiger partial charge in [-0.15, -0.1) is 0 Å². The van der Waals surface area contributed by atoms with Gasteiger partial charge < -0.3 is 10.6 Å². The highest BCUT2D eigenvalue weighted by Crippen LogP contribution is 2.25. The molecule has 0 aromatic heterocycles. The summed E-state index contributed by atoms with van der Waals surface area (Å²) in [5, 5.41) is 5.83. The lowest BCUT2D eigenvalue weighted by Crippen LogP contribution is -2.23. The number of carbonyl (C=O) groups excluding carboxylic acids is 2. The van der Waals surface area contributed by atoms with Gasteiger partial charge in [0, 0.05) is 23.4 Å². The molecule has 0 saturated carbocycles. The monoisotopic (exact) mass is 514 g/mol. The first kappa shape index (κ1) is 25.6. The van der Waals surface area contributed by atoms with Gasteiger partial charge in [0.15, 0.2) is 0 Å². The summed E-state index contributed by atoms with van der Waals surface area (Å²) in [6.07, 6.45) is 0. The summed E-state index contributed by atoms with van der Waals surface area (Å²) in [7, 11) is 0. The van der Waals surface area contributed by atoms with Crippen molar-refractivity contribution in [1.82, 2.24) is 5.32 Å². The molecule has 0 radical (unpaired) electrons. The van der Waals surface area contributed by atoms with Gasteiger partial charge in [-0.3, -0.25) is 9.59 Å². The van der Waals surface area contributed by atoms with Crippen molar-refractivity contribution in [2.75, 3.05) is 5.32 Å². The molecule has 5 heteroatoms. The highest BCUT2D eigenvalue weighted by Gasteiger charge is 2.14. The minimum Gasteiger partial charge on any atom is -0.348 e. The van der Waals surface area contributed by atoms with E-state index in [0.717, 1.165) is 22.3 Å². The van der Waals surface area contributed by atoms with Gasteiger partial charge in [0.05, 0.1) is 0 Å². The minimum atomic E-state index is -0.338. The van der Waals surface area contributed by atoms with Crippen LogP contribution in [-0.2, 0) is 6.54 Å². The fraction of sp³-hybridized carbons (Fsp3) is 0.0588. The molecule has 0 aliphatic carbocycles. The van der Waals surface area contributed by atoms with E-state index < -0.39 is 0 Å². The molecule has 0 heterocycles. The number of nitrogens with one attached hydrogen (secondary N) is 2. The van der Waals surface area contributed by atoms with Gasteiger partial charge in [-0.25, -0.2) is 4.39 Å². The molecule has 0 saturated heterocycles. The van der Waals surface area contributed by atoms with Crippen LogP contribution in [0.4, 0.5) is 10.1 Å². The SMILES string of the molecule is Cc1ccc(-c2ccc(CNC(=O)c3cccc(NC(=O)c4ccccc4-c4ccc(F)cc4)c3)cc2)cc1. The molecule has 192 valence electrons. The first-order valence-corrected chi connectivity index (χ1v) is 12.7. The Hall–Kier alpha value is -5.03. The number of hydrogen-bond donors (Lipinski definition) is 2. The van der Waals surface area contributed by atoms with Crippen molar-refractivity contribution in [2.45, 2.75) is 13.5 Å². The minimum absolute atomic E-state index is 0.236. The van der Waals surface area contributed by atoms with E-state index in [4.69, 9.17) is 0 Å². The summed E-state index contributed by atoms with van der Waals surface area (Å²) in [5.74, 6) is -0.892. The smallest absolute Gasteiger partial charge is 0.256 e. The summed E-state index contributed by atoms with van der Waals surface area (Å²) in [6, 6.07) is 36.4. The second kappa shape index (κ2) is 11.6. The van der Waals surface area contributed by atoms with Crippen molar-refractivity contribution in [3.8, 4) is 22.3 Å². The van der Waals surface area contributed by atoms with E-state index >= 15 is 0 Å². The quantitative estimate of drug-likeness (QED) is 0.234. The predicted octanol–water partition coefficient (Wildman–Crippen LogP) is 7.65. The third kappa shape index (κ3) is 6.28. The van der Waals surface area contributed by atoms with Crippen LogP contribution in [0.15, 0.2) is 121 Å². The Bertz CT molecular complexity index is 1610. The number of carbonyl (C=O) groups is 2. The van der Waals surface area contributed by atoms with E-state index in [9.17, 15) is 14.0 Å². The number of aryl methyl sites for hydroxylation is 1. The molecule has 5 aromatic rings. The summed E-state index contributed by atoms with van der Waals surface area (Å²) in [5.41, 5.74) is 7.30. The first-order chi connectivity index (χ1) is 19.0. The normalized spacial score (nSPS) is 10.6. The number of hydrogen-bond acceptors (Lipinski definition) is 2. The molecule has 0 aliphatic rings. The van der Waals surface area contributed by atoms with E-state index in [2.05, 4.69) is 41.8 Å². The maximum atomic E-state index is 13.4. The van der Waals surface area contributed by atoms with Crippen LogP contribution in [0.1, 0.15) is 31.8 Å². The zero-order valence-electron chi connectivity index (χ0n) is 21.4. The lowest BCUT2D eigenvalue weighted by atomic mass is 9.99. The molecular weight excluding hydrogens is 487 g/mol. The van der Waals surface area contributed by atoms with Gasteiger partial charge >= 0.3 is 0 Å². The third-order valence-corrected chi connectivity index (χ3v) is 6.50. The van der Waals surface area contributed by atoms with E-state index in [0.29, 0.717) is 28.9 Å². The van der Waals surface area contributed by atoms with Crippen LogP contribution in [0.3, 0.4) is 0 Å². The highest BCUT2D eigenvalue weighted by molar-refractivity contribution is 6.09. The zero-order valence-corrected chi connectivity index (χ0v) is 21.4. The summed E-state index contributed by atoms with van der Waals surface area (Å²) in [6.45, 7) is 2.45. The van der Waals surface area contributed by atoms with Crippen LogP contribution in [0.25, 0.3) is 22.3 Å². The van der Waals surface area contributed by atoms with Crippen LogP contribution < -0.4 is 10.6 Å². The van der Waals surface area contributed by atoms with Crippen molar-refractivity contribution in [2.24, 2.45) is 0 Å². The summed E-state index contributed by atoms with van der Waals surface area (Å²) >= 11 is 0. The molecule has 5 rings (SSSR count). The largest absolute Gasteiger partial charge is 0.348 e. The fourth-order valence-electron chi connectivity index (χ4n) is 4.34. The zero-order chi connectivity index (χ0) is 27.2. The number of anilines is 1. The van der Waals surface area contributed by atoms with Crippen LogP contribution in [-0.4, -0.2) is 11.8 Å². The lowest BCUT2D eigenvalue weighted by Gasteiger charge is -2.12. The Morgan fingerprint density at radius 1 is 0.667 bits per heavy atom. The summed E-state index contributed by atoms with van der Waals surface area (Å²) in [4.78, 5) is 26.0. The molecule has 4 nitrogen and oxygen atoms in total. The number of benzene rings is 5. The molecular formula is C34H27FN2O2. The van der Waals surface area contributed by atoms with Crippen LogP contribution >= 0.6 is 0 Å². The second-order valence-corrected chi connectivity index (χ2v) is 9.33. The van der Waals surface area contributed by atoms with Gasteiger partial charge in [0.1, 0.15) is 5.82 Å². The average molecular weight is 515 g/mol. The topological polar surface area (TPSA) is 58.2 Å². The third-order valence-electron chi connectivity index (χ3n) is 6.50. The molecule has 0 atom stereocenters. The molecule has 2 N–H and O–H groups in total. The number of amides is 2. The van der Waals surface area contributed by atoms with Crippen LogP contribution in [0.5, 0.6) is 0 Å². The molecule has 0 bridgehead atoms. The fourth-order valence-corrected chi connectivity index (χ4v) is 4.34. The molecule has 2 amide bonds. The Labute approximate surface area is 227 Å². The van der Waals surface area contributed by atoms with E-state index in [-0.39, 0.29) is 17.6 Å². The van der Waals surface area contributed by atoms with Crippen LogP contribution in [0.2, 0.25) is 0 Å². The maximum absolute atomic E-state index is 13.4. The standard InChI is InChI=1S/C34H27FN2O2/c1-23-9-13-25(14-10-23)26-15-11-24(12-16-26)22-36-33(38)28-5-4-6-30(21-28)37-34(39)32-8-3-2-7-31(32)27-17-19-29(35)20-18-27/h2-21H,22H2,1H3,(H,36,38)(H,37,39). The molecule has 0 unspecified atom stereocenters. The summed E-state index contributed by atoms with van der Waals surface area (Å²) < 4.78 is 13.4. The lowest BCUT2D eigenvalue weighted by molar-refractivity contribution is 0.0949. The van der Waals surface area contributed by atoms with Crippen molar-refractivity contribution in [1.29, 1.82) is 0 Å². The first-order valence-electron chi connectivity index (χ1n) is 12.7. The van der Waals surface area contributed by atoms with Crippen molar-refractivity contribution < 1.29 is 14.0 Å². The second-order valence-electron chi connectivity index (χ2n) is 9.33. The van der Waals surface area contributed by atoms with Crippen LogP contribution in [0, 0.1) is 12.7 Å². The van der Waals surface area contributed by atoms with Crippen molar-refractivity contribution in [3.63, 3.8) is 0 Å². The number of rotatable bonds is 7. The molecule has 5 aromatic carbocycles. The van der Waals surface area contributed by atoms with Gasteiger partial charge in [0.2, 0.25) is 0 Å². The predicted molar refractivity (Wildman–Crippen MR) is 154 cm³/mol. The Morgan fingerprint density at radius 3 is 2.03 bits per heavy atom. The average Bonchev–Trinajstić information content (AvgIpc) is 2.97. The van der Waals surface area contributed by atoms with Crippen molar-refractivity contribution >= 4 is 17.5 Å². The van der Waals surface area contributed by atoms with Gasteiger partial charge in [0.25, 0.3) is 11.8 Å². The molecule has 0 fully saturated rings. The van der Waals surface area contributed by atoms with Gasteiger partial charge in [-0.2, -0.15) is 0 Å². The van der Waals surface area contributed by atoms with Crippen molar-refractivity contribution in [3.05, 3.63) is 149 Å². The van der Waals surface area contributed by atoms with E-state index in [1.807, 2.05) is 36.4 Å².